The van der Waals surface area contributed by atoms with E-state index in [0.717, 1.165) is 31.2 Å². The Morgan fingerprint density at radius 1 is 1.42 bits per heavy atom. The molecule has 0 unspecified atom stereocenters. The molecule has 19 heavy (non-hydrogen) atoms. The van der Waals surface area contributed by atoms with Gasteiger partial charge in [0, 0.05) is 5.88 Å². The van der Waals surface area contributed by atoms with Crippen LogP contribution in [0.1, 0.15) is 41.6 Å². The van der Waals surface area contributed by atoms with Gasteiger partial charge in [-0.3, -0.25) is 4.79 Å². The SMILES string of the molecule is COc1ccc(C)cc1C(=O)NC1(CCl)CCCC1. The average molecular weight is 282 g/mol. The molecular formula is C15H20ClNO2. The van der Waals surface area contributed by atoms with Gasteiger partial charge in [-0.25, -0.2) is 0 Å². The number of carbonyl (C=O) groups excluding carboxylic acids is 1. The molecule has 1 saturated carbocycles. The van der Waals surface area contributed by atoms with Gasteiger partial charge in [-0.1, -0.05) is 24.5 Å². The zero-order chi connectivity index (χ0) is 13.9. The molecular weight excluding hydrogens is 262 g/mol. The topological polar surface area (TPSA) is 38.3 Å². The Hall–Kier alpha value is -1.22. The molecule has 1 aromatic carbocycles. The number of rotatable bonds is 4. The van der Waals surface area contributed by atoms with Gasteiger partial charge >= 0.3 is 0 Å². The summed E-state index contributed by atoms with van der Waals surface area (Å²) in [7, 11) is 1.58. The summed E-state index contributed by atoms with van der Waals surface area (Å²) in [5.74, 6) is 0.973. The van der Waals surface area contributed by atoms with Crippen LogP contribution in [0.3, 0.4) is 0 Å². The van der Waals surface area contributed by atoms with E-state index in [0.29, 0.717) is 17.2 Å². The highest BCUT2D eigenvalue weighted by Crippen LogP contribution is 2.31. The maximum Gasteiger partial charge on any atom is 0.255 e. The fraction of sp³-hybridized carbons (Fsp3) is 0.533. The lowest BCUT2D eigenvalue weighted by Gasteiger charge is -2.28. The Labute approximate surface area is 119 Å². The molecule has 4 heteroatoms. The van der Waals surface area contributed by atoms with Gasteiger partial charge < -0.3 is 10.1 Å². The second-order valence-electron chi connectivity index (χ2n) is 5.28. The normalized spacial score (nSPS) is 17.2. The van der Waals surface area contributed by atoms with Crippen LogP contribution in [-0.2, 0) is 0 Å². The number of methoxy groups -OCH3 is 1. The zero-order valence-electron chi connectivity index (χ0n) is 11.5. The molecule has 1 aliphatic rings. The van der Waals surface area contributed by atoms with E-state index in [1.807, 2.05) is 25.1 Å². The molecule has 104 valence electrons. The van der Waals surface area contributed by atoms with Crippen LogP contribution < -0.4 is 10.1 Å². The monoisotopic (exact) mass is 281 g/mol. The highest BCUT2D eigenvalue weighted by atomic mass is 35.5. The lowest BCUT2D eigenvalue weighted by Crippen LogP contribution is -2.48. The smallest absolute Gasteiger partial charge is 0.255 e. The molecule has 0 radical (unpaired) electrons. The van der Waals surface area contributed by atoms with Crippen LogP contribution in [-0.4, -0.2) is 24.4 Å². The van der Waals surface area contributed by atoms with Gasteiger partial charge in [0.05, 0.1) is 18.2 Å². The molecule has 1 aromatic rings. The summed E-state index contributed by atoms with van der Waals surface area (Å²) >= 11 is 6.06. The van der Waals surface area contributed by atoms with Crippen molar-refractivity contribution in [2.75, 3.05) is 13.0 Å². The van der Waals surface area contributed by atoms with Crippen LogP contribution in [0.4, 0.5) is 0 Å². The van der Waals surface area contributed by atoms with Gasteiger partial charge in [-0.2, -0.15) is 0 Å². The van der Waals surface area contributed by atoms with Gasteiger partial charge in [-0.05, 0) is 31.9 Å². The standard InChI is InChI=1S/C15H20ClNO2/c1-11-5-6-13(19-2)12(9-11)14(18)17-15(10-16)7-3-4-8-15/h5-6,9H,3-4,7-8,10H2,1-2H3,(H,17,18). The number of ether oxygens (including phenoxy) is 1. The van der Waals surface area contributed by atoms with E-state index in [9.17, 15) is 4.79 Å². The van der Waals surface area contributed by atoms with Crippen molar-refractivity contribution < 1.29 is 9.53 Å². The number of benzene rings is 1. The third-order valence-electron chi connectivity index (χ3n) is 3.79. The van der Waals surface area contributed by atoms with E-state index in [4.69, 9.17) is 16.3 Å². The van der Waals surface area contributed by atoms with Crippen molar-refractivity contribution in [1.29, 1.82) is 0 Å². The van der Waals surface area contributed by atoms with Crippen molar-refractivity contribution in [1.82, 2.24) is 5.32 Å². The highest BCUT2D eigenvalue weighted by Gasteiger charge is 2.35. The minimum atomic E-state index is -0.243. The maximum atomic E-state index is 12.4. The first-order valence-electron chi connectivity index (χ1n) is 6.63. The van der Waals surface area contributed by atoms with E-state index < -0.39 is 0 Å². The number of amides is 1. The number of alkyl halides is 1. The Morgan fingerprint density at radius 2 is 2.11 bits per heavy atom. The van der Waals surface area contributed by atoms with E-state index in [-0.39, 0.29) is 11.4 Å². The number of nitrogens with one attached hydrogen (secondary N) is 1. The van der Waals surface area contributed by atoms with Crippen LogP contribution in [0.25, 0.3) is 0 Å². The minimum Gasteiger partial charge on any atom is -0.496 e. The predicted octanol–water partition coefficient (Wildman–Crippen LogP) is 3.29. The lowest BCUT2D eigenvalue weighted by molar-refractivity contribution is 0.0906. The summed E-state index contributed by atoms with van der Waals surface area (Å²) in [4.78, 5) is 12.4. The Kier molecular flexibility index (Phi) is 4.35. The van der Waals surface area contributed by atoms with E-state index in [2.05, 4.69) is 5.32 Å². The number of carbonyl (C=O) groups is 1. The quantitative estimate of drug-likeness (QED) is 0.860. The number of aryl methyl sites for hydroxylation is 1. The molecule has 0 aromatic heterocycles. The van der Waals surface area contributed by atoms with Crippen LogP contribution in [0.15, 0.2) is 18.2 Å². The highest BCUT2D eigenvalue weighted by molar-refractivity contribution is 6.19. The molecule has 0 spiro atoms. The van der Waals surface area contributed by atoms with Gasteiger partial charge in [-0.15, -0.1) is 11.6 Å². The molecule has 1 N–H and O–H groups in total. The summed E-state index contributed by atoms with van der Waals surface area (Å²) in [6.07, 6.45) is 4.16. The van der Waals surface area contributed by atoms with Crippen LogP contribution in [0, 0.1) is 6.92 Å². The minimum absolute atomic E-state index is 0.0944. The first-order chi connectivity index (χ1) is 9.10. The Balaban J connectivity index is 2.22. The van der Waals surface area contributed by atoms with Crippen molar-refractivity contribution in [2.24, 2.45) is 0 Å². The molecule has 0 aliphatic heterocycles. The van der Waals surface area contributed by atoms with Crippen molar-refractivity contribution in [3.63, 3.8) is 0 Å². The molecule has 1 fully saturated rings. The first kappa shape index (κ1) is 14.2. The summed E-state index contributed by atoms with van der Waals surface area (Å²) in [6.45, 7) is 1.96. The molecule has 0 saturated heterocycles. The maximum absolute atomic E-state index is 12.4. The van der Waals surface area contributed by atoms with Crippen molar-refractivity contribution in [2.45, 2.75) is 38.1 Å². The summed E-state index contributed by atoms with van der Waals surface area (Å²) < 4.78 is 5.26. The van der Waals surface area contributed by atoms with Gasteiger partial charge in [0.25, 0.3) is 5.91 Å². The summed E-state index contributed by atoms with van der Waals surface area (Å²) in [5.41, 5.74) is 1.38. The number of hydrogen-bond acceptors (Lipinski definition) is 2. The fourth-order valence-electron chi connectivity index (χ4n) is 2.65. The van der Waals surface area contributed by atoms with Gasteiger partial charge in [0.2, 0.25) is 0 Å². The molecule has 2 rings (SSSR count). The summed E-state index contributed by atoms with van der Waals surface area (Å²) in [5, 5.41) is 3.11. The fourth-order valence-corrected chi connectivity index (χ4v) is 2.99. The second-order valence-corrected chi connectivity index (χ2v) is 5.55. The average Bonchev–Trinajstić information content (AvgIpc) is 2.87. The third kappa shape index (κ3) is 3.03. The van der Waals surface area contributed by atoms with E-state index >= 15 is 0 Å². The largest absolute Gasteiger partial charge is 0.496 e. The molecule has 1 amide bonds. The van der Waals surface area contributed by atoms with Crippen LogP contribution >= 0.6 is 11.6 Å². The molecule has 0 atom stereocenters. The Morgan fingerprint density at radius 3 is 2.68 bits per heavy atom. The predicted molar refractivity (Wildman–Crippen MR) is 77.1 cm³/mol. The van der Waals surface area contributed by atoms with Gasteiger partial charge in [0.1, 0.15) is 5.75 Å². The molecule has 0 heterocycles. The van der Waals surface area contributed by atoms with Crippen molar-refractivity contribution >= 4 is 17.5 Å². The Bertz CT molecular complexity index is 467. The van der Waals surface area contributed by atoms with Crippen molar-refractivity contribution in [3.8, 4) is 5.75 Å². The van der Waals surface area contributed by atoms with E-state index in [1.54, 1.807) is 7.11 Å². The second kappa shape index (κ2) is 5.83. The third-order valence-corrected chi connectivity index (χ3v) is 4.31. The molecule has 3 nitrogen and oxygen atoms in total. The number of hydrogen-bond donors (Lipinski definition) is 1. The lowest BCUT2D eigenvalue weighted by atomic mass is 9.99. The zero-order valence-corrected chi connectivity index (χ0v) is 12.2. The number of halogens is 1. The molecule has 0 bridgehead atoms. The molecule has 1 aliphatic carbocycles. The summed E-state index contributed by atoms with van der Waals surface area (Å²) in [6, 6.07) is 5.61. The van der Waals surface area contributed by atoms with E-state index in [1.165, 1.54) is 0 Å². The first-order valence-corrected chi connectivity index (χ1v) is 7.17. The van der Waals surface area contributed by atoms with Crippen LogP contribution in [0.5, 0.6) is 5.75 Å². The van der Waals surface area contributed by atoms with Crippen LogP contribution in [0.2, 0.25) is 0 Å². The van der Waals surface area contributed by atoms with Gasteiger partial charge in [0.15, 0.2) is 0 Å². The van der Waals surface area contributed by atoms with Crippen molar-refractivity contribution in [3.05, 3.63) is 29.3 Å².